The lowest BCUT2D eigenvalue weighted by atomic mass is 10.1. The first-order chi connectivity index (χ1) is 15.0. The van der Waals surface area contributed by atoms with Gasteiger partial charge in [-0.25, -0.2) is 14.4 Å². The highest BCUT2D eigenvalue weighted by Gasteiger charge is 2.29. The Kier molecular flexibility index (Phi) is 10.5. The highest BCUT2D eigenvalue weighted by Crippen LogP contribution is 2.18. The van der Waals surface area contributed by atoms with Crippen LogP contribution in [0.25, 0.3) is 0 Å². The first-order valence-electron chi connectivity index (χ1n) is 10.9. The molecule has 0 saturated carbocycles. The van der Waals surface area contributed by atoms with Gasteiger partial charge in [-0.1, -0.05) is 50.5 Å². The van der Waals surface area contributed by atoms with Crippen LogP contribution in [0.4, 0.5) is 14.4 Å². The van der Waals surface area contributed by atoms with E-state index in [1.165, 1.54) is 0 Å². The number of nitrogens with zero attached hydrogens (tertiary/aromatic N) is 1. The minimum atomic E-state index is -1.08. The number of carbonyl (C=O) groups is 3. The van der Waals surface area contributed by atoms with E-state index in [-0.39, 0.29) is 13.2 Å². The average Bonchev–Trinajstić information content (AvgIpc) is 2.77. The molecule has 9 heteroatoms. The molecule has 0 bridgehead atoms. The zero-order valence-electron chi connectivity index (χ0n) is 18.1. The van der Waals surface area contributed by atoms with Crippen molar-refractivity contribution in [2.45, 2.75) is 71.2 Å². The minimum Gasteiger partial charge on any atom is -0.465 e. The van der Waals surface area contributed by atoms with Crippen LogP contribution in [0, 0.1) is 0 Å². The second-order valence-electron chi connectivity index (χ2n) is 7.57. The van der Waals surface area contributed by atoms with Gasteiger partial charge in [-0.2, -0.15) is 0 Å². The van der Waals surface area contributed by atoms with Crippen LogP contribution in [-0.2, 0) is 22.6 Å². The van der Waals surface area contributed by atoms with Crippen molar-refractivity contribution in [2.75, 3.05) is 13.1 Å². The number of nitrogens with one attached hydrogen (secondary N) is 2. The lowest BCUT2D eigenvalue weighted by Crippen LogP contribution is -2.46. The quantitative estimate of drug-likeness (QED) is 0.474. The van der Waals surface area contributed by atoms with E-state index in [4.69, 9.17) is 9.47 Å². The molecule has 31 heavy (non-hydrogen) atoms. The maximum atomic E-state index is 12.0. The monoisotopic (exact) mass is 435 g/mol. The van der Waals surface area contributed by atoms with E-state index in [0.717, 1.165) is 54.6 Å². The van der Waals surface area contributed by atoms with Crippen LogP contribution in [0.15, 0.2) is 24.3 Å². The number of piperidine rings is 1. The van der Waals surface area contributed by atoms with E-state index in [9.17, 15) is 19.5 Å². The summed E-state index contributed by atoms with van der Waals surface area (Å²) in [6.45, 7) is 3.54. The molecule has 1 aromatic carbocycles. The van der Waals surface area contributed by atoms with Gasteiger partial charge in [0.25, 0.3) is 0 Å². The van der Waals surface area contributed by atoms with Crippen LogP contribution in [0.2, 0.25) is 0 Å². The first kappa shape index (κ1) is 24.3. The van der Waals surface area contributed by atoms with Gasteiger partial charge in [-0.15, -0.1) is 0 Å². The van der Waals surface area contributed by atoms with Crippen LogP contribution in [0.3, 0.4) is 0 Å². The summed E-state index contributed by atoms with van der Waals surface area (Å²) in [7, 11) is 0. The van der Waals surface area contributed by atoms with Gasteiger partial charge >= 0.3 is 18.3 Å². The maximum Gasteiger partial charge on any atom is 0.410 e. The van der Waals surface area contributed by atoms with Crippen molar-refractivity contribution in [3.63, 3.8) is 0 Å². The van der Waals surface area contributed by atoms with Crippen LogP contribution in [0.1, 0.15) is 63.0 Å². The molecule has 3 amide bonds. The van der Waals surface area contributed by atoms with Crippen molar-refractivity contribution >= 4 is 18.3 Å². The fourth-order valence-electron chi connectivity index (χ4n) is 3.28. The van der Waals surface area contributed by atoms with Crippen molar-refractivity contribution in [1.82, 2.24) is 15.5 Å². The van der Waals surface area contributed by atoms with Crippen LogP contribution in [0.5, 0.6) is 0 Å². The Morgan fingerprint density at radius 3 is 2.48 bits per heavy atom. The Hall–Kier alpha value is -2.97. The SMILES string of the molecule is CCCCCCNC(=O)OCc1ccc(CNC(=O)OC2CCCCN2C(=O)O)cc1. The number of hydrogen-bond acceptors (Lipinski definition) is 5. The molecule has 3 N–H and O–H groups in total. The molecule has 1 fully saturated rings. The van der Waals surface area contributed by atoms with Gasteiger partial charge in [0, 0.05) is 26.1 Å². The third kappa shape index (κ3) is 9.15. The van der Waals surface area contributed by atoms with Crippen molar-refractivity contribution in [1.29, 1.82) is 0 Å². The maximum absolute atomic E-state index is 12.0. The number of carbonyl (C=O) groups excluding carboxylic acids is 2. The molecule has 0 spiro atoms. The van der Waals surface area contributed by atoms with E-state index in [1.54, 1.807) is 0 Å². The first-order valence-corrected chi connectivity index (χ1v) is 10.9. The summed E-state index contributed by atoms with van der Waals surface area (Å²) in [5, 5.41) is 14.6. The molecule has 1 aliphatic heterocycles. The summed E-state index contributed by atoms with van der Waals surface area (Å²) in [5.74, 6) is 0. The van der Waals surface area contributed by atoms with Gasteiger partial charge in [0.1, 0.15) is 6.61 Å². The van der Waals surface area contributed by atoms with Crippen LogP contribution in [-0.4, -0.2) is 47.6 Å². The summed E-state index contributed by atoms with van der Waals surface area (Å²) in [4.78, 5) is 36.1. The Bertz CT molecular complexity index is 710. The minimum absolute atomic E-state index is 0.170. The molecule has 1 saturated heterocycles. The third-order valence-corrected chi connectivity index (χ3v) is 5.07. The van der Waals surface area contributed by atoms with Gasteiger partial charge < -0.3 is 25.2 Å². The van der Waals surface area contributed by atoms with Gasteiger partial charge in [0.05, 0.1) is 0 Å². The summed E-state index contributed by atoms with van der Waals surface area (Å²) in [5.41, 5.74) is 1.69. The highest BCUT2D eigenvalue weighted by molar-refractivity contribution is 5.69. The van der Waals surface area contributed by atoms with Crippen LogP contribution >= 0.6 is 0 Å². The molecule has 0 radical (unpaired) electrons. The standard InChI is InChI=1S/C22H33N3O6/c1-2-3-4-6-13-23-20(26)30-16-18-11-9-17(10-12-18)15-24-21(27)31-19-8-5-7-14-25(19)22(28)29/h9-12,19H,2-8,13-16H2,1H3,(H,23,26)(H,24,27)(H,28,29). The Morgan fingerprint density at radius 2 is 1.77 bits per heavy atom. The largest absolute Gasteiger partial charge is 0.465 e. The van der Waals surface area contributed by atoms with Crippen LogP contribution < -0.4 is 10.6 Å². The predicted octanol–water partition coefficient (Wildman–Crippen LogP) is 4.21. The molecular formula is C22H33N3O6. The summed E-state index contributed by atoms with van der Waals surface area (Å²) in [6, 6.07) is 7.30. The molecule has 2 rings (SSSR count). The van der Waals surface area contributed by atoms with Gasteiger partial charge in [-0.3, -0.25) is 4.90 Å². The number of likely N-dealkylation sites (tertiary alicyclic amines) is 1. The van der Waals surface area contributed by atoms with Gasteiger partial charge in [-0.05, 0) is 30.4 Å². The number of alkyl carbamates (subject to hydrolysis) is 2. The number of benzene rings is 1. The Morgan fingerprint density at radius 1 is 1.03 bits per heavy atom. The number of hydrogen-bond donors (Lipinski definition) is 3. The van der Waals surface area contributed by atoms with Gasteiger partial charge in [0.15, 0.2) is 6.23 Å². The molecule has 172 valence electrons. The smallest absolute Gasteiger partial charge is 0.410 e. The number of amides is 3. The van der Waals surface area contributed by atoms with E-state index in [1.807, 2.05) is 24.3 Å². The molecule has 1 aliphatic rings. The molecule has 0 aromatic heterocycles. The topological polar surface area (TPSA) is 117 Å². The number of unbranched alkanes of at least 4 members (excludes halogenated alkanes) is 3. The summed E-state index contributed by atoms with van der Waals surface area (Å²) < 4.78 is 10.5. The normalized spacial score (nSPS) is 15.8. The lowest BCUT2D eigenvalue weighted by molar-refractivity contribution is -0.0246. The van der Waals surface area contributed by atoms with Crippen molar-refractivity contribution in [2.24, 2.45) is 0 Å². The molecule has 1 heterocycles. The Balaban J connectivity index is 1.66. The van der Waals surface area contributed by atoms with Gasteiger partial charge in [0.2, 0.25) is 0 Å². The molecular weight excluding hydrogens is 402 g/mol. The van der Waals surface area contributed by atoms with E-state index < -0.39 is 24.5 Å². The fourth-order valence-corrected chi connectivity index (χ4v) is 3.28. The molecule has 1 unspecified atom stereocenters. The summed E-state index contributed by atoms with van der Waals surface area (Å²) >= 11 is 0. The zero-order chi connectivity index (χ0) is 22.5. The molecule has 0 aliphatic carbocycles. The number of ether oxygens (including phenoxy) is 2. The van der Waals surface area contributed by atoms with Crippen molar-refractivity contribution in [3.05, 3.63) is 35.4 Å². The van der Waals surface area contributed by atoms with E-state index in [2.05, 4.69) is 17.6 Å². The average molecular weight is 436 g/mol. The third-order valence-electron chi connectivity index (χ3n) is 5.07. The predicted molar refractivity (Wildman–Crippen MR) is 114 cm³/mol. The zero-order valence-corrected chi connectivity index (χ0v) is 18.1. The van der Waals surface area contributed by atoms with Crippen molar-refractivity contribution in [3.8, 4) is 0 Å². The second-order valence-corrected chi connectivity index (χ2v) is 7.57. The second kappa shape index (κ2) is 13.4. The summed E-state index contributed by atoms with van der Waals surface area (Å²) in [6.07, 6.45) is 3.54. The molecule has 9 nitrogen and oxygen atoms in total. The fraction of sp³-hybridized carbons (Fsp3) is 0.591. The van der Waals surface area contributed by atoms with E-state index >= 15 is 0 Å². The highest BCUT2D eigenvalue weighted by atomic mass is 16.6. The Labute approximate surface area is 183 Å². The molecule has 1 atom stereocenters. The lowest BCUT2D eigenvalue weighted by Gasteiger charge is -2.32. The van der Waals surface area contributed by atoms with E-state index in [0.29, 0.717) is 19.5 Å². The van der Waals surface area contributed by atoms with Crippen molar-refractivity contribution < 1.29 is 29.0 Å². The molecule has 1 aromatic rings. The number of rotatable bonds is 10. The number of carboxylic acid groups (broad SMARTS) is 1.